The van der Waals surface area contributed by atoms with Crippen molar-refractivity contribution in [1.29, 1.82) is 0 Å². The molecule has 0 saturated heterocycles. The van der Waals surface area contributed by atoms with Crippen molar-refractivity contribution in [2.24, 2.45) is 0 Å². The highest BCUT2D eigenvalue weighted by Gasteiger charge is 2.11. The first-order chi connectivity index (χ1) is 7.11. The fourth-order valence-corrected chi connectivity index (χ4v) is 1.76. The number of benzene rings is 1. The molecule has 0 bridgehead atoms. The van der Waals surface area contributed by atoms with Gasteiger partial charge in [-0.25, -0.2) is 0 Å². The van der Waals surface area contributed by atoms with Crippen LogP contribution < -0.4 is 4.74 Å². The van der Waals surface area contributed by atoms with E-state index in [4.69, 9.17) is 4.74 Å². The molecule has 2 heteroatoms. The van der Waals surface area contributed by atoms with Crippen LogP contribution in [-0.2, 0) is 6.42 Å². The van der Waals surface area contributed by atoms with Crippen LogP contribution in [0.1, 0.15) is 37.0 Å². The van der Waals surface area contributed by atoms with Crippen LogP contribution in [0, 0.1) is 13.8 Å². The summed E-state index contributed by atoms with van der Waals surface area (Å²) in [6.45, 7) is 8.75. The van der Waals surface area contributed by atoms with Gasteiger partial charge in [0.05, 0.1) is 6.61 Å². The predicted molar refractivity (Wildman–Crippen MR) is 62.7 cm³/mol. The Kier molecular flexibility index (Phi) is 4.01. The smallest absolute Gasteiger partial charge is 0.123 e. The zero-order valence-corrected chi connectivity index (χ0v) is 10.1. The van der Waals surface area contributed by atoms with Crippen LogP contribution >= 0.6 is 0 Å². The Labute approximate surface area is 91.9 Å². The summed E-state index contributed by atoms with van der Waals surface area (Å²) in [5.41, 5.74) is 2.95. The highest BCUT2D eigenvalue weighted by molar-refractivity contribution is 5.51. The zero-order valence-electron chi connectivity index (χ0n) is 10.1. The van der Waals surface area contributed by atoms with Crippen LogP contribution in [0.15, 0.2) is 6.07 Å². The highest BCUT2D eigenvalue weighted by atomic mass is 16.5. The summed E-state index contributed by atoms with van der Waals surface area (Å²) in [5, 5.41) is 9.81. The van der Waals surface area contributed by atoms with E-state index in [1.807, 2.05) is 19.9 Å². The average molecular weight is 208 g/mol. The molecule has 1 aromatic carbocycles. The molecule has 0 fully saturated rings. The van der Waals surface area contributed by atoms with E-state index < -0.39 is 0 Å². The van der Waals surface area contributed by atoms with E-state index in [2.05, 4.69) is 13.8 Å². The summed E-state index contributed by atoms with van der Waals surface area (Å²) in [6, 6.07) is 1.93. The quantitative estimate of drug-likeness (QED) is 0.822. The number of phenols is 1. The highest BCUT2D eigenvalue weighted by Crippen LogP contribution is 2.33. The lowest BCUT2D eigenvalue weighted by Gasteiger charge is -2.15. The van der Waals surface area contributed by atoms with Crippen LogP contribution in [0.25, 0.3) is 0 Å². The topological polar surface area (TPSA) is 29.5 Å². The van der Waals surface area contributed by atoms with E-state index in [-0.39, 0.29) is 0 Å². The van der Waals surface area contributed by atoms with E-state index in [0.717, 1.165) is 41.9 Å². The zero-order chi connectivity index (χ0) is 11.4. The molecule has 0 aliphatic carbocycles. The molecule has 0 aromatic heterocycles. The van der Waals surface area contributed by atoms with Crippen molar-refractivity contribution in [1.82, 2.24) is 0 Å². The van der Waals surface area contributed by atoms with Gasteiger partial charge in [0.25, 0.3) is 0 Å². The third-order valence-electron chi connectivity index (χ3n) is 2.64. The first kappa shape index (κ1) is 11.9. The molecule has 0 heterocycles. The fourth-order valence-electron chi connectivity index (χ4n) is 1.76. The maximum Gasteiger partial charge on any atom is 0.123 e. The summed E-state index contributed by atoms with van der Waals surface area (Å²) < 4.78 is 5.68. The fraction of sp³-hybridized carbons (Fsp3) is 0.538. The first-order valence-electron chi connectivity index (χ1n) is 5.56. The molecular formula is C13H20O2. The number of rotatable bonds is 4. The van der Waals surface area contributed by atoms with Crippen LogP contribution in [0.2, 0.25) is 0 Å². The minimum absolute atomic E-state index is 0.399. The molecule has 0 saturated carbocycles. The lowest BCUT2D eigenvalue weighted by Crippen LogP contribution is -2.01. The third kappa shape index (κ3) is 2.44. The van der Waals surface area contributed by atoms with Crippen molar-refractivity contribution in [2.75, 3.05) is 6.61 Å². The summed E-state index contributed by atoms with van der Waals surface area (Å²) in [5.74, 6) is 1.32. The molecule has 1 aromatic rings. The van der Waals surface area contributed by atoms with Crippen LogP contribution in [-0.4, -0.2) is 11.7 Å². The monoisotopic (exact) mass is 208 g/mol. The van der Waals surface area contributed by atoms with E-state index >= 15 is 0 Å². The lowest BCUT2D eigenvalue weighted by molar-refractivity contribution is 0.313. The SMILES string of the molecule is CCCOc1cc(C)c(O)c(C)c1CC. The Hall–Kier alpha value is -1.18. The molecule has 0 aliphatic heterocycles. The number of aromatic hydroxyl groups is 1. The van der Waals surface area contributed by atoms with E-state index in [1.165, 1.54) is 0 Å². The molecule has 1 N–H and O–H groups in total. The second kappa shape index (κ2) is 5.06. The van der Waals surface area contributed by atoms with Crippen molar-refractivity contribution < 1.29 is 9.84 Å². The lowest BCUT2D eigenvalue weighted by atomic mass is 10.0. The van der Waals surface area contributed by atoms with Gasteiger partial charge in [-0.1, -0.05) is 13.8 Å². The van der Waals surface area contributed by atoms with Gasteiger partial charge in [-0.2, -0.15) is 0 Å². The minimum atomic E-state index is 0.399. The number of hydrogen-bond donors (Lipinski definition) is 1. The molecule has 0 unspecified atom stereocenters. The van der Waals surface area contributed by atoms with Gasteiger partial charge < -0.3 is 9.84 Å². The molecule has 0 amide bonds. The Bertz CT molecular complexity index is 343. The maximum atomic E-state index is 9.81. The second-order valence-electron chi connectivity index (χ2n) is 3.85. The number of phenolic OH excluding ortho intramolecular Hbond substituents is 1. The largest absolute Gasteiger partial charge is 0.507 e. The molecule has 2 nitrogen and oxygen atoms in total. The summed E-state index contributed by atoms with van der Waals surface area (Å²) in [6.07, 6.45) is 1.89. The second-order valence-corrected chi connectivity index (χ2v) is 3.85. The van der Waals surface area contributed by atoms with Gasteiger partial charge in [0.1, 0.15) is 11.5 Å². The Balaban J connectivity index is 3.13. The molecule has 0 aliphatic rings. The van der Waals surface area contributed by atoms with Gasteiger partial charge in [-0.05, 0) is 43.9 Å². The maximum absolute atomic E-state index is 9.81. The van der Waals surface area contributed by atoms with Crippen LogP contribution in [0.5, 0.6) is 11.5 Å². The number of hydrogen-bond acceptors (Lipinski definition) is 2. The Morgan fingerprint density at radius 1 is 1.27 bits per heavy atom. The average Bonchev–Trinajstić information content (AvgIpc) is 2.23. The molecule has 15 heavy (non-hydrogen) atoms. The van der Waals surface area contributed by atoms with Crippen LogP contribution in [0.3, 0.4) is 0 Å². The van der Waals surface area contributed by atoms with Gasteiger partial charge in [0, 0.05) is 5.56 Å². The van der Waals surface area contributed by atoms with Gasteiger partial charge in [-0.15, -0.1) is 0 Å². The molecular weight excluding hydrogens is 188 g/mol. The van der Waals surface area contributed by atoms with Crippen LogP contribution in [0.4, 0.5) is 0 Å². The normalized spacial score (nSPS) is 10.4. The van der Waals surface area contributed by atoms with Crippen molar-refractivity contribution in [2.45, 2.75) is 40.5 Å². The van der Waals surface area contributed by atoms with Crippen molar-refractivity contribution in [3.8, 4) is 11.5 Å². The summed E-state index contributed by atoms with van der Waals surface area (Å²) in [4.78, 5) is 0. The standard InChI is InChI=1S/C13H20O2/c1-5-7-15-12-8-9(3)13(14)10(4)11(12)6-2/h8,14H,5-7H2,1-4H3. The summed E-state index contributed by atoms with van der Waals surface area (Å²) in [7, 11) is 0. The molecule has 0 atom stereocenters. The van der Waals surface area contributed by atoms with Crippen molar-refractivity contribution in [3.63, 3.8) is 0 Å². The van der Waals surface area contributed by atoms with E-state index in [9.17, 15) is 5.11 Å². The van der Waals surface area contributed by atoms with Crippen molar-refractivity contribution >= 4 is 0 Å². The number of ether oxygens (including phenoxy) is 1. The van der Waals surface area contributed by atoms with E-state index in [0.29, 0.717) is 5.75 Å². The molecule has 84 valence electrons. The predicted octanol–water partition coefficient (Wildman–Crippen LogP) is 3.36. The minimum Gasteiger partial charge on any atom is -0.507 e. The Morgan fingerprint density at radius 3 is 2.47 bits per heavy atom. The number of aryl methyl sites for hydroxylation is 1. The van der Waals surface area contributed by atoms with Gasteiger partial charge in [-0.3, -0.25) is 0 Å². The van der Waals surface area contributed by atoms with E-state index in [1.54, 1.807) is 0 Å². The summed E-state index contributed by atoms with van der Waals surface area (Å²) >= 11 is 0. The molecule has 0 radical (unpaired) electrons. The van der Waals surface area contributed by atoms with Crippen molar-refractivity contribution in [3.05, 3.63) is 22.8 Å². The van der Waals surface area contributed by atoms with Gasteiger partial charge in [0.15, 0.2) is 0 Å². The van der Waals surface area contributed by atoms with Gasteiger partial charge in [0.2, 0.25) is 0 Å². The molecule has 1 rings (SSSR count). The molecule has 0 spiro atoms. The first-order valence-corrected chi connectivity index (χ1v) is 5.56. The Morgan fingerprint density at radius 2 is 1.93 bits per heavy atom. The van der Waals surface area contributed by atoms with Gasteiger partial charge >= 0.3 is 0 Å². The third-order valence-corrected chi connectivity index (χ3v) is 2.64.